The maximum Gasteiger partial charge on any atom is 0.417 e. The Balaban J connectivity index is 0.000000248. The second-order valence-electron chi connectivity index (χ2n) is 11.4. The highest BCUT2D eigenvalue weighted by Crippen LogP contribution is 2.36. The van der Waals surface area contributed by atoms with E-state index in [9.17, 15) is 36.2 Å². The van der Waals surface area contributed by atoms with Gasteiger partial charge in [-0.25, -0.2) is 14.8 Å². The molecule has 0 aliphatic carbocycles. The van der Waals surface area contributed by atoms with Gasteiger partial charge in [-0.2, -0.15) is 26.3 Å². The number of carbonyl (C=O) groups is 1. The van der Waals surface area contributed by atoms with Gasteiger partial charge in [-0.3, -0.25) is 0 Å². The highest BCUT2D eigenvalue weighted by molar-refractivity contribution is 6.33. The van der Waals surface area contributed by atoms with E-state index in [1.165, 1.54) is 4.90 Å². The molecule has 4 rings (SSSR count). The molecular formula is C27H34Cl2F6N6O2. The number of piperidine rings is 2. The molecular weight excluding hydrogens is 625 g/mol. The van der Waals surface area contributed by atoms with E-state index in [2.05, 4.69) is 9.97 Å². The molecule has 0 bridgehead atoms. The van der Waals surface area contributed by atoms with Crippen molar-refractivity contribution in [2.75, 3.05) is 36.0 Å². The third kappa shape index (κ3) is 9.15. The fraction of sp³-hybridized carbons (Fsp3) is 0.593. The number of amides is 1. The minimum Gasteiger partial charge on any atom is -0.465 e. The fourth-order valence-corrected chi connectivity index (χ4v) is 5.65. The molecule has 1 amide bonds. The molecule has 0 spiro atoms. The van der Waals surface area contributed by atoms with Crippen molar-refractivity contribution in [2.24, 2.45) is 5.73 Å². The molecule has 4 heterocycles. The van der Waals surface area contributed by atoms with Crippen molar-refractivity contribution in [2.45, 2.75) is 76.4 Å². The molecule has 16 heteroatoms. The molecule has 2 aromatic heterocycles. The predicted molar refractivity (Wildman–Crippen MR) is 153 cm³/mol. The predicted octanol–water partition coefficient (Wildman–Crippen LogP) is 7.18. The topological polar surface area (TPSA) is 98.8 Å². The first-order valence-corrected chi connectivity index (χ1v) is 14.3. The van der Waals surface area contributed by atoms with E-state index < -0.39 is 35.1 Å². The quantitative estimate of drug-likeness (QED) is 0.337. The van der Waals surface area contributed by atoms with Crippen molar-refractivity contribution < 1.29 is 36.2 Å². The molecule has 43 heavy (non-hydrogen) atoms. The van der Waals surface area contributed by atoms with Gasteiger partial charge in [0.25, 0.3) is 0 Å². The van der Waals surface area contributed by atoms with E-state index in [-0.39, 0.29) is 22.1 Å². The van der Waals surface area contributed by atoms with Crippen LogP contribution in [-0.2, 0) is 12.4 Å². The zero-order valence-corrected chi connectivity index (χ0v) is 25.3. The number of carboxylic acid groups (broad SMARTS) is 1. The number of rotatable bonds is 3. The average molecular weight is 660 g/mol. The van der Waals surface area contributed by atoms with Gasteiger partial charge in [0.2, 0.25) is 0 Å². The van der Waals surface area contributed by atoms with Crippen molar-refractivity contribution >= 4 is 40.9 Å². The van der Waals surface area contributed by atoms with E-state index in [1.807, 2.05) is 25.7 Å². The molecule has 0 radical (unpaired) electrons. The SMILES string of the molecule is CC(C)(C)N(C(=O)O)C1CCN(c2ncc(C(F)(F)F)cc2Cl)CC1.NC1CCN(c2ncc(C(F)(F)F)cc2Cl)CC1. The lowest BCUT2D eigenvalue weighted by Crippen LogP contribution is -2.54. The van der Waals surface area contributed by atoms with Crippen molar-refractivity contribution in [1.82, 2.24) is 14.9 Å². The normalized spacial score (nSPS) is 17.4. The summed E-state index contributed by atoms with van der Waals surface area (Å²) in [7, 11) is 0. The van der Waals surface area contributed by atoms with Gasteiger partial charge in [-0.05, 0) is 58.6 Å². The molecule has 3 N–H and O–H groups in total. The van der Waals surface area contributed by atoms with Crippen LogP contribution in [0.3, 0.4) is 0 Å². The van der Waals surface area contributed by atoms with Gasteiger partial charge in [0.05, 0.1) is 21.2 Å². The Bertz CT molecular complexity index is 1260. The minimum absolute atomic E-state index is 0.0281. The number of nitrogens with two attached hydrogens (primary N) is 1. The Kier molecular flexibility index (Phi) is 10.9. The number of alkyl halides is 6. The number of hydrogen-bond donors (Lipinski definition) is 2. The highest BCUT2D eigenvalue weighted by atomic mass is 35.5. The van der Waals surface area contributed by atoms with Gasteiger partial charge in [0.15, 0.2) is 0 Å². The van der Waals surface area contributed by atoms with Gasteiger partial charge in [0, 0.05) is 56.2 Å². The average Bonchev–Trinajstić information content (AvgIpc) is 2.88. The molecule has 240 valence electrons. The Labute approximate surface area is 255 Å². The number of nitrogens with zero attached hydrogens (tertiary/aromatic N) is 5. The number of aromatic nitrogens is 2. The molecule has 0 unspecified atom stereocenters. The van der Waals surface area contributed by atoms with E-state index in [1.54, 1.807) is 4.90 Å². The van der Waals surface area contributed by atoms with Crippen LogP contribution in [0, 0.1) is 0 Å². The van der Waals surface area contributed by atoms with Crippen molar-refractivity contribution in [3.63, 3.8) is 0 Å². The zero-order valence-electron chi connectivity index (χ0n) is 23.8. The largest absolute Gasteiger partial charge is 0.465 e. The molecule has 0 saturated carbocycles. The van der Waals surface area contributed by atoms with Crippen LogP contribution in [0.25, 0.3) is 0 Å². The zero-order chi connectivity index (χ0) is 32.3. The molecule has 2 aliphatic rings. The molecule has 8 nitrogen and oxygen atoms in total. The smallest absolute Gasteiger partial charge is 0.417 e. The summed E-state index contributed by atoms with van der Waals surface area (Å²) in [5.41, 5.74) is 3.52. The molecule has 0 aromatic carbocycles. The number of pyridine rings is 2. The lowest BCUT2D eigenvalue weighted by molar-refractivity contribution is -0.138. The summed E-state index contributed by atoms with van der Waals surface area (Å²) in [6, 6.07) is 1.78. The summed E-state index contributed by atoms with van der Waals surface area (Å²) in [4.78, 5) is 24.3. The van der Waals surface area contributed by atoms with E-state index in [0.717, 1.165) is 37.4 Å². The van der Waals surface area contributed by atoms with Gasteiger partial charge in [0.1, 0.15) is 11.6 Å². The van der Waals surface area contributed by atoms with E-state index in [4.69, 9.17) is 28.9 Å². The van der Waals surface area contributed by atoms with Crippen LogP contribution >= 0.6 is 23.2 Å². The first kappa shape index (κ1) is 34.8. The van der Waals surface area contributed by atoms with Crippen LogP contribution in [-0.4, -0.2) is 69.9 Å². The van der Waals surface area contributed by atoms with Crippen LogP contribution in [0.5, 0.6) is 0 Å². The Morgan fingerprint density at radius 3 is 1.51 bits per heavy atom. The molecule has 0 atom stereocenters. The van der Waals surface area contributed by atoms with E-state index >= 15 is 0 Å². The first-order valence-electron chi connectivity index (χ1n) is 13.5. The van der Waals surface area contributed by atoms with E-state index in [0.29, 0.717) is 50.7 Å². The van der Waals surface area contributed by atoms with Crippen LogP contribution in [0.1, 0.15) is 57.6 Å². The van der Waals surface area contributed by atoms with Crippen molar-refractivity contribution in [1.29, 1.82) is 0 Å². The summed E-state index contributed by atoms with van der Waals surface area (Å²) in [6.07, 6.45) is -5.60. The summed E-state index contributed by atoms with van der Waals surface area (Å²) >= 11 is 11.9. The highest BCUT2D eigenvalue weighted by Gasteiger charge is 2.37. The number of anilines is 2. The van der Waals surface area contributed by atoms with Crippen molar-refractivity contribution in [3.8, 4) is 0 Å². The fourth-order valence-electron chi connectivity index (χ4n) is 5.07. The summed E-state index contributed by atoms with van der Waals surface area (Å²) in [6.45, 7) is 7.79. The van der Waals surface area contributed by atoms with Gasteiger partial charge >= 0.3 is 18.4 Å². The Morgan fingerprint density at radius 2 is 1.21 bits per heavy atom. The third-order valence-corrected chi connectivity index (χ3v) is 7.75. The Morgan fingerprint density at radius 1 is 0.837 bits per heavy atom. The molecule has 2 aromatic rings. The minimum atomic E-state index is -4.49. The molecule has 2 aliphatic heterocycles. The van der Waals surface area contributed by atoms with Crippen LogP contribution < -0.4 is 15.5 Å². The lowest BCUT2D eigenvalue weighted by Gasteiger charge is -2.43. The summed E-state index contributed by atoms with van der Waals surface area (Å²) < 4.78 is 75.5. The third-order valence-electron chi connectivity index (χ3n) is 7.20. The number of hydrogen-bond acceptors (Lipinski definition) is 6. The summed E-state index contributed by atoms with van der Waals surface area (Å²) in [5.74, 6) is 0.697. The standard InChI is InChI=1S/C16H21ClF3N3O2.C11H13ClF3N3/c1-15(2,3)23(14(24)25)11-4-6-22(7-5-11)13-12(17)8-10(9-21-13)16(18,19)20;12-9-5-7(11(13,14)15)6-17-10(9)18-3-1-8(16)2-4-18/h8-9,11H,4-7H2,1-3H3,(H,24,25);5-6,8H,1-4,16H2. The number of halogens is 8. The van der Waals surface area contributed by atoms with Gasteiger partial charge < -0.3 is 25.5 Å². The maximum atomic E-state index is 12.7. The van der Waals surface area contributed by atoms with Gasteiger partial charge in [-0.1, -0.05) is 23.2 Å². The van der Waals surface area contributed by atoms with Crippen LogP contribution in [0.2, 0.25) is 10.0 Å². The molecule has 2 fully saturated rings. The van der Waals surface area contributed by atoms with Crippen LogP contribution in [0.4, 0.5) is 42.8 Å². The monoisotopic (exact) mass is 658 g/mol. The van der Waals surface area contributed by atoms with Crippen LogP contribution in [0.15, 0.2) is 24.5 Å². The maximum absolute atomic E-state index is 12.7. The Hall–Kier alpha value is -2.71. The first-order chi connectivity index (χ1) is 19.8. The second-order valence-corrected chi connectivity index (χ2v) is 12.2. The second kappa shape index (κ2) is 13.5. The van der Waals surface area contributed by atoms with Crippen molar-refractivity contribution in [3.05, 3.63) is 45.7 Å². The lowest BCUT2D eigenvalue weighted by atomic mass is 9.97. The molecule has 2 saturated heterocycles. The van der Waals surface area contributed by atoms with Gasteiger partial charge in [-0.15, -0.1) is 0 Å². The summed E-state index contributed by atoms with van der Waals surface area (Å²) in [5, 5.41) is 9.44.